The van der Waals surface area contributed by atoms with Crippen molar-refractivity contribution >= 4 is 17.5 Å². The summed E-state index contributed by atoms with van der Waals surface area (Å²) in [4.78, 5) is 26.4. The summed E-state index contributed by atoms with van der Waals surface area (Å²) in [6.07, 6.45) is 3.35. The monoisotopic (exact) mass is 272 g/mol. The number of nitrogens with zero attached hydrogens (tertiary/aromatic N) is 1. The largest absolute Gasteiger partial charge is 0.344 e. The fourth-order valence-corrected chi connectivity index (χ4v) is 2.86. The first-order chi connectivity index (χ1) is 9.70. The fraction of sp³-hybridized carbons (Fsp3) is 0.500. The van der Waals surface area contributed by atoms with Gasteiger partial charge in [-0.25, -0.2) is 0 Å². The Bertz CT molecular complexity index is 537. The molecule has 3 rings (SSSR count). The summed E-state index contributed by atoms with van der Waals surface area (Å²) in [6, 6.07) is 7.65. The number of carbonyl (C=O) groups is 2. The second-order valence-electron chi connectivity index (χ2n) is 5.60. The lowest BCUT2D eigenvalue weighted by Crippen LogP contribution is -2.46. The Morgan fingerprint density at radius 2 is 2.00 bits per heavy atom. The first-order valence-electron chi connectivity index (χ1n) is 7.39. The third kappa shape index (κ3) is 2.42. The van der Waals surface area contributed by atoms with E-state index in [9.17, 15) is 9.59 Å². The van der Waals surface area contributed by atoms with Crippen molar-refractivity contribution in [3.8, 4) is 0 Å². The fourth-order valence-electron chi connectivity index (χ4n) is 2.86. The van der Waals surface area contributed by atoms with E-state index < -0.39 is 0 Å². The first kappa shape index (κ1) is 13.2. The van der Waals surface area contributed by atoms with Gasteiger partial charge in [0.2, 0.25) is 11.8 Å². The van der Waals surface area contributed by atoms with E-state index in [4.69, 9.17) is 0 Å². The standard InChI is InChI=1S/C16H20N2O2/c1-2-11-5-3-4-6-13(11)18-10-9-14(19)17-15(16(18)20)12-7-8-12/h3-6,12,15H,2,7-10H2,1H3,(H,17,19). The first-order valence-corrected chi connectivity index (χ1v) is 7.39. The predicted molar refractivity (Wildman–Crippen MR) is 77.4 cm³/mol. The van der Waals surface area contributed by atoms with E-state index in [0.29, 0.717) is 18.9 Å². The lowest BCUT2D eigenvalue weighted by atomic mass is 10.1. The van der Waals surface area contributed by atoms with Crippen LogP contribution in [0.5, 0.6) is 0 Å². The Balaban J connectivity index is 1.94. The van der Waals surface area contributed by atoms with Crippen molar-refractivity contribution in [1.29, 1.82) is 0 Å². The average molecular weight is 272 g/mol. The second kappa shape index (κ2) is 5.27. The van der Waals surface area contributed by atoms with E-state index >= 15 is 0 Å². The molecule has 1 heterocycles. The third-order valence-corrected chi connectivity index (χ3v) is 4.17. The Morgan fingerprint density at radius 3 is 2.70 bits per heavy atom. The number of amides is 2. The number of aryl methyl sites for hydroxylation is 1. The molecular weight excluding hydrogens is 252 g/mol. The molecule has 1 aromatic carbocycles. The highest BCUT2D eigenvalue weighted by Crippen LogP contribution is 2.35. The molecule has 1 aliphatic carbocycles. The lowest BCUT2D eigenvalue weighted by molar-refractivity contribution is -0.126. The van der Waals surface area contributed by atoms with Gasteiger partial charge in [-0.05, 0) is 36.8 Å². The highest BCUT2D eigenvalue weighted by molar-refractivity contribution is 6.02. The minimum absolute atomic E-state index is 0.00766. The van der Waals surface area contributed by atoms with Crippen LogP contribution < -0.4 is 10.2 Å². The quantitative estimate of drug-likeness (QED) is 0.913. The molecule has 0 radical (unpaired) electrons. The number of hydrogen-bond acceptors (Lipinski definition) is 2. The number of para-hydroxylation sites is 1. The second-order valence-corrected chi connectivity index (χ2v) is 5.60. The van der Waals surface area contributed by atoms with Crippen LogP contribution in [0, 0.1) is 5.92 Å². The summed E-state index contributed by atoms with van der Waals surface area (Å²) in [5.41, 5.74) is 2.12. The van der Waals surface area contributed by atoms with E-state index in [1.807, 2.05) is 18.2 Å². The van der Waals surface area contributed by atoms with Gasteiger partial charge in [0, 0.05) is 18.7 Å². The van der Waals surface area contributed by atoms with Gasteiger partial charge in [-0.15, -0.1) is 0 Å². The van der Waals surface area contributed by atoms with Gasteiger partial charge in [-0.3, -0.25) is 9.59 Å². The summed E-state index contributed by atoms with van der Waals surface area (Å²) in [5.74, 6) is 0.381. The van der Waals surface area contributed by atoms with Gasteiger partial charge in [0.1, 0.15) is 6.04 Å². The average Bonchev–Trinajstić information content (AvgIpc) is 3.29. The Hall–Kier alpha value is -1.84. The minimum Gasteiger partial charge on any atom is -0.344 e. The Labute approximate surface area is 119 Å². The minimum atomic E-state index is -0.324. The van der Waals surface area contributed by atoms with Crippen LogP contribution in [0.3, 0.4) is 0 Å². The van der Waals surface area contributed by atoms with Crippen LogP contribution in [0.25, 0.3) is 0 Å². The lowest BCUT2D eigenvalue weighted by Gasteiger charge is -2.26. The number of benzene rings is 1. The molecule has 106 valence electrons. The molecule has 4 heteroatoms. The molecule has 0 aromatic heterocycles. The zero-order chi connectivity index (χ0) is 14.1. The van der Waals surface area contributed by atoms with Crippen LogP contribution in [0.2, 0.25) is 0 Å². The van der Waals surface area contributed by atoms with Crippen molar-refractivity contribution in [2.45, 2.75) is 38.6 Å². The number of nitrogens with one attached hydrogen (secondary N) is 1. The molecule has 1 aromatic rings. The molecule has 1 saturated carbocycles. The van der Waals surface area contributed by atoms with Crippen molar-refractivity contribution < 1.29 is 9.59 Å². The summed E-state index contributed by atoms with van der Waals surface area (Å²) in [5, 5.41) is 2.90. The summed E-state index contributed by atoms with van der Waals surface area (Å²) < 4.78 is 0. The van der Waals surface area contributed by atoms with E-state index in [1.54, 1.807) is 4.90 Å². The van der Waals surface area contributed by atoms with E-state index in [2.05, 4.69) is 18.3 Å². The summed E-state index contributed by atoms with van der Waals surface area (Å²) in [6.45, 7) is 2.56. The van der Waals surface area contributed by atoms with Crippen LogP contribution in [-0.2, 0) is 16.0 Å². The molecule has 1 aliphatic heterocycles. The zero-order valence-electron chi connectivity index (χ0n) is 11.8. The van der Waals surface area contributed by atoms with E-state index in [0.717, 1.165) is 30.5 Å². The molecule has 1 saturated heterocycles. The number of rotatable bonds is 3. The van der Waals surface area contributed by atoms with Crippen LogP contribution in [-0.4, -0.2) is 24.4 Å². The highest BCUT2D eigenvalue weighted by atomic mass is 16.2. The normalized spacial score (nSPS) is 23.4. The molecule has 2 aliphatic rings. The molecule has 2 amide bonds. The Morgan fingerprint density at radius 1 is 1.25 bits per heavy atom. The van der Waals surface area contributed by atoms with Gasteiger partial charge < -0.3 is 10.2 Å². The number of anilines is 1. The zero-order valence-corrected chi connectivity index (χ0v) is 11.8. The van der Waals surface area contributed by atoms with Crippen molar-refractivity contribution in [2.75, 3.05) is 11.4 Å². The number of hydrogen-bond donors (Lipinski definition) is 1. The van der Waals surface area contributed by atoms with Crippen LogP contribution in [0.15, 0.2) is 24.3 Å². The third-order valence-electron chi connectivity index (χ3n) is 4.17. The van der Waals surface area contributed by atoms with Crippen molar-refractivity contribution in [1.82, 2.24) is 5.32 Å². The molecule has 0 bridgehead atoms. The molecule has 0 spiro atoms. The Kier molecular flexibility index (Phi) is 3.47. The van der Waals surface area contributed by atoms with Crippen molar-refractivity contribution in [3.63, 3.8) is 0 Å². The molecule has 1 unspecified atom stereocenters. The van der Waals surface area contributed by atoms with Crippen LogP contribution >= 0.6 is 0 Å². The van der Waals surface area contributed by atoms with Crippen molar-refractivity contribution in [3.05, 3.63) is 29.8 Å². The topological polar surface area (TPSA) is 49.4 Å². The maximum atomic E-state index is 12.8. The molecule has 20 heavy (non-hydrogen) atoms. The molecular formula is C16H20N2O2. The SMILES string of the molecule is CCc1ccccc1N1CCC(=O)NC(C2CC2)C1=O. The van der Waals surface area contributed by atoms with Gasteiger partial charge in [-0.1, -0.05) is 25.1 Å². The van der Waals surface area contributed by atoms with Crippen LogP contribution in [0.1, 0.15) is 31.7 Å². The van der Waals surface area contributed by atoms with E-state index in [1.165, 1.54) is 0 Å². The maximum absolute atomic E-state index is 12.8. The van der Waals surface area contributed by atoms with Gasteiger partial charge in [0.05, 0.1) is 0 Å². The molecule has 1 N–H and O–H groups in total. The van der Waals surface area contributed by atoms with Crippen molar-refractivity contribution in [2.24, 2.45) is 5.92 Å². The maximum Gasteiger partial charge on any atom is 0.249 e. The smallest absolute Gasteiger partial charge is 0.249 e. The number of carbonyl (C=O) groups excluding carboxylic acids is 2. The van der Waals surface area contributed by atoms with Gasteiger partial charge in [-0.2, -0.15) is 0 Å². The predicted octanol–water partition coefficient (Wildman–Crippen LogP) is 1.88. The molecule has 4 nitrogen and oxygen atoms in total. The molecule has 1 atom stereocenters. The van der Waals surface area contributed by atoms with Crippen LogP contribution in [0.4, 0.5) is 5.69 Å². The summed E-state index contributed by atoms with van der Waals surface area (Å²) in [7, 11) is 0. The summed E-state index contributed by atoms with van der Waals surface area (Å²) >= 11 is 0. The van der Waals surface area contributed by atoms with Gasteiger partial charge >= 0.3 is 0 Å². The molecule has 2 fully saturated rings. The van der Waals surface area contributed by atoms with Gasteiger partial charge in [0.15, 0.2) is 0 Å². The van der Waals surface area contributed by atoms with Gasteiger partial charge in [0.25, 0.3) is 0 Å². The van der Waals surface area contributed by atoms with E-state index in [-0.39, 0.29) is 17.9 Å². The highest BCUT2D eigenvalue weighted by Gasteiger charge is 2.41.